The lowest BCUT2D eigenvalue weighted by molar-refractivity contribution is 0.0753. The summed E-state index contributed by atoms with van der Waals surface area (Å²) in [6.45, 7) is 2.56. The minimum absolute atomic E-state index is 0.102. The van der Waals surface area contributed by atoms with Gasteiger partial charge in [-0.2, -0.15) is 4.31 Å². The molecule has 1 fully saturated rings. The summed E-state index contributed by atoms with van der Waals surface area (Å²) in [6, 6.07) is 16.2. The van der Waals surface area contributed by atoms with Gasteiger partial charge in [0.05, 0.1) is 5.75 Å². The van der Waals surface area contributed by atoms with Gasteiger partial charge in [0.15, 0.2) is 0 Å². The highest BCUT2D eigenvalue weighted by molar-refractivity contribution is 7.89. The van der Waals surface area contributed by atoms with Crippen molar-refractivity contribution in [3.63, 3.8) is 0 Å². The number of hydrogen-bond acceptors (Lipinski definition) is 4. The Kier molecular flexibility index (Phi) is 7.07. The average molecular weight is 422 g/mol. The lowest BCUT2D eigenvalue weighted by atomic mass is 10.1. The second-order valence-electron chi connectivity index (χ2n) is 6.65. The zero-order valence-corrected chi connectivity index (χ0v) is 17.1. The fraction of sp³-hybridized carbons (Fsp3) is 0.350. The van der Waals surface area contributed by atoms with Crippen LogP contribution in [0.4, 0.5) is 0 Å². The highest BCUT2D eigenvalue weighted by Crippen LogP contribution is 2.19. The van der Waals surface area contributed by atoms with E-state index in [1.807, 2.05) is 24.3 Å². The largest absolute Gasteiger partial charge is 0.333 e. The second-order valence-corrected chi connectivity index (χ2v) is 9.14. The van der Waals surface area contributed by atoms with Crippen molar-refractivity contribution in [2.75, 3.05) is 38.5 Å². The monoisotopic (exact) mass is 421 g/mol. The maximum Gasteiger partial charge on any atom is 0.254 e. The fourth-order valence-electron chi connectivity index (χ4n) is 3.13. The van der Waals surface area contributed by atoms with Gasteiger partial charge in [-0.3, -0.25) is 4.79 Å². The van der Waals surface area contributed by atoms with Crippen LogP contribution in [0.5, 0.6) is 0 Å². The van der Waals surface area contributed by atoms with E-state index in [4.69, 9.17) is 11.6 Å². The van der Waals surface area contributed by atoms with Gasteiger partial charge in [0, 0.05) is 49.9 Å². The molecule has 8 heteroatoms. The summed E-state index contributed by atoms with van der Waals surface area (Å²) in [6.07, 6.45) is 0. The first-order valence-corrected chi connectivity index (χ1v) is 11.2. The molecule has 1 N–H and O–H groups in total. The van der Waals surface area contributed by atoms with Crippen molar-refractivity contribution in [3.05, 3.63) is 70.7 Å². The molecule has 0 spiro atoms. The first-order chi connectivity index (χ1) is 13.5. The molecule has 2 aromatic carbocycles. The molecule has 150 valence electrons. The van der Waals surface area contributed by atoms with Crippen molar-refractivity contribution in [1.82, 2.24) is 14.5 Å². The number of nitrogens with one attached hydrogen (secondary N) is 1. The molecule has 0 saturated carbocycles. The van der Waals surface area contributed by atoms with Crippen LogP contribution in [-0.2, 0) is 16.6 Å². The number of carbonyl (C=O) groups excluding carboxylic acids is 1. The van der Waals surface area contributed by atoms with Crippen molar-refractivity contribution in [3.8, 4) is 0 Å². The number of halogens is 1. The summed E-state index contributed by atoms with van der Waals surface area (Å²) < 4.78 is 26.9. The zero-order chi connectivity index (χ0) is 20.0. The van der Waals surface area contributed by atoms with Gasteiger partial charge in [0.2, 0.25) is 10.0 Å². The third-order valence-electron chi connectivity index (χ3n) is 4.72. The van der Waals surface area contributed by atoms with Crippen LogP contribution in [0.1, 0.15) is 15.9 Å². The molecule has 0 radical (unpaired) electrons. The zero-order valence-electron chi connectivity index (χ0n) is 15.6. The highest BCUT2D eigenvalue weighted by atomic mass is 35.5. The van der Waals surface area contributed by atoms with Crippen molar-refractivity contribution in [2.45, 2.75) is 6.54 Å². The Morgan fingerprint density at radius 2 is 1.68 bits per heavy atom. The summed E-state index contributed by atoms with van der Waals surface area (Å²) in [5.74, 6) is -0.327. The first kappa shape index (κ1) is 20.8. The Morgan fingerprint density at radius 3 is 2.36 bits per heavy atom. The maximum absolute atomic E-state index is 13.0. The van der Waals surface area contributed by atoms with Crippen molar-refractivity contribution in [2.24, 2.45) is 0 Å². The number of piperazine rings is 1. The van der Waals surface area contributed by atoms with Gasteiger partial charge in [-0.05, 0) is 23.8 Å². The molecule has 28 heavy (non-hydrogen) atoms. The van der Waals surface area contributed by atoms with Crippen LogP contribution < -0.4 is 5.32 Å². The van der Waals surface area contributed by atoms with Crippen molar-refractivity contribution < 1.29 is 13.2 Å². The Bertz CT molecular complexity index is 900. The summed E-state index contributed by atoms with van der Waals surface area (Å²) in [5, 5.41) is 3.70. The lowest BCUT2D eigenvalue weighted by Crippen LogP contribution is -2.48. The molecule has 0 unspecified atom stereocenters. The van der Waals surface area contributed by atoms with Crippen LogP contribution in [0.2, 0.25) is 5.02 Å². The molecule has 0 atom stereocenters. The van der Waals surface area contributed by atoms with Gasteiger partial charge in [-0.1, -0.05) is 48.0 Å². The van der Waals surface area contributed by atoms with E-state index in [9.17, 15) is 13.2 Å². The molecule has 1 heterocycles. The predicted octanol–water partition coefficient (Wildman–Crippen LogP) is 2.22. The van der Waals surface area contributed by atoms with E-state index in [1.165, 1.54) is 4.31 Å². The Morgan fingerprint density at radius 1 is 1.04 bits per heavy atom. The van der Waals surface area contributed by atoms with E-state index in [2.05, 4.69) is 5.32 Å². The molecular weight excluding hydrogens is 398 g/mol. The third kappa shape index (κ3) is 5.32. The van der Waals surface area contributed by atoms with Gasteiger partial charge >= 0.3 is 0 Å². The standard InChI is InChI=1S/C20H24ClN3O3S/c21-19-9-5-4-8-18(19)16-23(20(25)17-6-2-1-3-7-17)14-15-28(26,27)24-12-10-22-11-13-24/h1-9,22H,10-16H2. The Hall–Kier alpha value is -1.93. The highest BCUT2D eigenvalue weighted by Gasteiger charge is 2.26. The van der Waals surface area contributed by atoms with Crippen LogP contribution >= 0.6 is 11.6 Å². The maximum atomic E-state index is 13.0. The molecule has 1 aliphatic rings. The molecule has 0 aliphatic carbocycles. The molecule has 2 aromatic rings. The number of sulfonamides is 1. The minimum Gasteiger partial charge on any atom is -0.333 e. The van der Waals surface area contributed by atoms with Gasteiger partial charge < -0.3 is 10.2 Å². The van der Waals surface area contributed by atoms with E-state index in [-0.39, 0.29) is 24.7 Å². The van der Waals surface area contributed by atoms with Gasteiger partial charge in [0.1, 0.15) is 0 Å². The van der Waals surface area contributed by atoms with E-state index >= 15 is 0 Å². The van der Waals surface area contributed by atoms with E-state index in [0.717, 1.165) is 5.56 Å². The van der Waals surface area contributed by atoms with Gasteiger partial charge in [-0.25, -0.2) is 8.42 Å². The topological polar surface area (TPSA) is 69.7 Å². The predicted molar refractivity (Wildman–Crippen MR) is 111 cm³/mol. The Balaban J connectivity index is 1.77. The van der Waals surface area contributed by atoms with Gasteiger partial charge in [-0.15, -0.1) is 0 Å². The summed E-state index contributed by atoms with van der Waals surface area (Å²) in [5.41, 5.74) is 1.31. The number of nitrogens with zero attached hydrogens (tertiary/aromatic N) is 2. The van der Waals surface area contributed by atoms with Crippen LogP contribution in [0.3, 0.4) is 0 Å². The van der Waals surface area contributed by atoms with Crippen LogP contribution in [-0.4, -0.2) is 62.0 Å². The average Bonchev–Trinajstić information content (AvgIpc) is 2.73. The molecule has 1 amide bonds. The van der Waals surface area contributed by atoms with Crippen LogP contribution in [0.15, 0.2) is 54.6 Å². The van der Waals surface area contributed by atoms with Crippen molar-refractivity contribution >= 4 is 27.5 Å². The number of benzene rings is 2. The smallest absolute Gasteiger partial charge is 0.254 e. The fourth-order valence-corrected chi connectivity index (χ4v) is 4.77. The third-order valence-corrected chi connectivity index (χ3v) is 6.93. The number of amides is 1. The minimum atomic E-state index is -3.43. The summed E-state index contributed by atoms with van der Waals surface area (Å²) in [7, 11) is -3.43. The van der Waals surface area contributed by atoms with Crippen LogP contribution in [0.25, 0.3) is 0 Å². The Labute approximate surface area is 171 Å². The van der Waals surface area contributed by atoms with Crippen molar-refractivity contribution in [1.29, 1.82) is 0 Å². The quantitative estimate of drug-likeness (QED) is 0.744. The molecule has 0 aromatic heterocycles. The summed E-state index contributed by atoms with van der Waals surface area (Å²) in [4.78, 5) is 14.6. The number of hydrogen-bond donors (Lipinski definition) is 1. The van der Waals surface area contributed by atoms with Crippen LogP contribution in [0, 0.1) is 0 Å². The molecule has 6 nitrogen and oxygen atoms in total. The molecule has 3 rings (SSSR count). The second kappa shape index (κ2) is 9.52. The number of carbonyl (C=O) groups is 1. The molecule has 1 aliphatic heterocycles. The van der Waals surface area contributed by atoms with E-state index in [1.54, 1.807) is 35.2 Å². The molecule has 0 bridgehead atoms. The van der Waals surface area contributed by atoms with E-state index < -0.39 is 10.0 Å². The molecular formula is C20H24ClN3O3S. The number of rotatable bonds is 7. The molecule has 1 saturated heterocycles. The first-order valence-electron chi connectivity index (χ1n) is 9.23. The lowest BCUT2D eigenvalue weighted by Gasteiger charge is -2.29. The van der Waals surface area contributed by atoms with E-state index in [0.29, 0.717) is 36.8 Å². The normalized spacial score (nSPS) is 15.3. The van der Waals surface area contributed by atoms with Gasteiger partial charge in [0.25, 0.3) is 5.91 Å². The SMILES string of the molecule is O=C(c1ccccc1)N(CCS(=O)(=O)N1CCNCC1)Cc1ccccc1Cl. The summed E-state index contributed by atoms with van der Waals surface area (Å²) >= 11 is 6.26.